The van der Waals surface area contributed by atoms with E-state index in [-0.39, 0.29) is 5.41 Å². The van der Waals surface area contributed by atoms with Crippen LogP contribution in [0.25, 0.3) is 0 Å². The van der Waals surface area contributed by atoms with Crippen LogP contribution in [0, 0.1) is 0 Å². The highest BCUT2D eigenvalue weighted by molar-refractivity contribution is 5.93. The van der Waals surface area contributed by atoms with Gasteiger partial charge in [0.15, 0.2) is 0 Å². The molecule has 1 amide bonds. The van der Waals surface area contributed by atoms with Crippen molar-refractivity contribution in [1.82, 2.24) is 15.3 Å². The molecular weight excluding hydrogens is 330 g/mol. The lowest BCUT2D eigenvalue weighted by molar-refractivity contribution is -0.0626. The molecule has 0 radical (unpaired) electrons. The average molecular weight is 353 g/mol. The van der Waals surface area contributed by atoms with Crippen molar-refractivity contribution in [3.63, 3.8) is 0 Å². The Labute approximate surface area is 152 Å². The molecule has 3 N–H and O–H groups in total. The van der Waals surface area contributed by atoms with Crippen LogP contribution in [0.1, 0.15) is 33.3 Å². The Morgan fingerprint density at radius 2 is 1.85 bits per heavy atom. The van der Waals surface area contributed by atoms with E-state index >= 15 is 0 Å². The normalized spacial score (nSPS) is 21.9. The number of hydrogen-bond acceptors (Lipinski definition) is 5. The number of aliphatic hydroxyl groups excluding tert-OH is 1. The van der Waals surface area contributed by atoms with E-state index in [1.165, 1.54) is 5.56 Å². The number of nitrogens with one attached hydrogen (secondary N) is 1. The molecule has 1 spiro atoms. The van der Waals surface area contributed by atoms with E-state index in [1.54, 1.807) is 17.6 Å². The summed E-state index contributed by atoms with van der Waals surface area (Å²) in [5.74, 6) is -0.528. The summed E-state index contributed by atoms with van der Waals surface area (Å²) in [5, 5.41) is 19.6. The Morgan fingerprint density at radius 3 is 2.50 bits per heavy atom. The number of hydroxylamine groups is 1. The summed E-state index contributed by atoms with van der Waals surface area (Å²) in [5.41, 5.74) is 5.37. The van der Waals surface area contributed by atoms with E-state index in [1.807, 2.05) is 30.3 Å². The minimum atomic E-state index is -0.636. The number of amides is 1. The highest BCUT2D eigenvalue weighted by Gasteiger charge is 2.49. The third-order valence-electron chi connectivity index (χ3n) is 5.51. The Bertz CT molecular complexity index is 815. The number of nitrogens with zero attached hydrogens (tertiary/aromatic N) is 2. The highest BCUT2D eigenvalue weighted by Crippen LogP contribution is 2.44. The second kappa shape index (κ2) is 6.48. The van der Waals surface area contributed by atoms with Crippen molar-refractivity contribution >= 4 is 5.91 Å². The predicted octanol–water partition coefficient (Wildman–Crippen LogP) is 1.50. The van der Waals surface area contributed by atoms with Crippen molar-refractivity contribution in [2.24, 2.45) is 0 Å². The third-order valence-corrected chi connectivity index (χ3v) is 5.51. The topological polar surface area (TPSA) is 76.0 Å². The molecule has 0 aliphatic carbocycles. The molecule has 1 fully saturated rings. The van der Waals surface area contributed by atoms with Crippen LogP contribution in [0.4, 0.5) is 0 Å². The van der Waals surface area contributed by atoms with Gasteiger partial charge in [-0.2, -0.15) is 0 Å². The van der Waals surface area contributed by atoms with Crippen LogP contribution < -0.4 is 5.48 Å². The van der Waals surface area contributed by atoms with Gasteiger partial charge in [0.25, 0.3) is 5.91 Å². The van der Waals surface area contributed by atoms with E-state index in [4.69, 9.17) is 5.21 Å². The first kappa shape index (κ1) is 17.2. The van der Waals surface area contributed by atoms with Crippen molar-refractivity contribution in [2.45, 2.75) is 18.2 Å². The fourth-order valence-electron chi connectivity index (χ4n) is 4.42. The molecule has 1 unspecified atom stereocenters. The van der Waals surface area contributed by atoms with Gasteiger partial charge in [0, 0.05) is 37.2 Å². The fraction of sp³-hybridized carbons (Fsp3) is 0.350. The Morgan fingerprint density at radius 1 is 1.15 bits per heavy atom. The van der Waals surface area contributed by atoms with Crippen molar-refractivity contribution in [3.8, 4) is 0 Å². The Balaban J connectivity index is 1.59. The third kappa shape index (κ3) is 2.81. The summed E-state index contributed by atoms with van der Waals surface area (Å²) in [4.78, 5) is 15.8. The van der Waals surface area contributed by atoms with Crippen LogP contribution in [0.3, 0.4) is 0 Å². The standard InChI is InChI=1S/C20H23N3O3/c1-22-11-20(12-22)13-23(19(25)16-4-2-3-5-17(16)20)10-14-6-8-15(9-7-14)18(24)21-26/h2-9,19,25-26H,10-13H2,1H3,(H,21,24). The first-order chi connectivity index (χ1) is 12.5. The van der Waals surface area contributed by atoms with Crippen molar-refractivity contribution in [1.29, 1.82) is 0 Å². The number of fused-ring (bicyclic) bond motifs is 2. The maximum Gasteiger partial charge on any atom is 0.274 e. The zero-order valence-corrected chi connectivity index (χ0v) is 14.7. The Kier molecular flexibility index (Phi) is 4.28. The molecule has 2 aliphatic heterocycles. The molecule has 1 atom stereocenters. The minimum absolute atomic E-state index is 0.0707. The minimum Gasteiger partial charge on any atom is -0.374 e. The van der Waals surface area contributed by atoms with Crippen LogP contribution in [-0.4, -0.2) is 52.7 Å². The van der Waals surface area contributed by atoms with Gasteiger partial charge in [0.1, 0.15) is 6.23 Å². The largest absolute Gasteiger partial charge is 0.374 e. The number of benzene rings is 2. The summed E-state index contributed by atoms with van der Waals surface area (Å²) in [6.07, 6.45) is -0.636. The number of aliphatic hydroxyl groups is 1. The van der Waals surface area contributed by atoms with Crippen LogP contribution in [0.15, 0.2) is 48.5 Å². The van der Waals surface area contributed by atoms with Crippen LogP contribution in [0.2, 0.25) is 0 Å². The lowest BCUT2D eigenvalue weighted by Crippen LogP contribution is -2.64. The number of rotatable bonds is 3. The SMILES string of the molecule is CN1CC2(C1)CN(Cc1ccc(C(=O)NO)cc1)C(O)c1ccccc12. The zero-order valence-electron chi connectivity index (χ0n) is 14.7. The van der Waals surface area contributed by atoms with Gasteiger partial charge >= 0.3 is 0 Å². The maximum absolute atomic E-state index is 11.5. The zero-order chi connectivity index (χ0) is 18.3. The van der Waals surface area contributed by atoms with Gasteiger partial charge in [0.05, 0.1) is 0 Å². The molecule has 2 aromatic rings. The molecule has 26 heavy (non-hydrogen) atoms. The second-order valence-corrected chi connectivity index (χ2v) is 7.46. The van der Waals surface area contributed by atoms with E-state index in [0.29, 0.717) is 12.1 Å². The number of carbonyl (C=O) groups excluding carboxylic acids is 1. The average Bonchev–Trinajstić information content (AvgIpc) is 2.64. The number of likely N-dealkylation sites (N-methyl/N-ethyl adjacent to an activating group) is 1. The van der Waals surface area contributed by atoms with E-state index < -0.39 is 12.1 Å². The van der Waals surface area contributed by atoms with Gasteiger partial charge < -0.3 is 10.0 Å². The maximum atomic E-state index is 11.5. The second-order valence-electron chi connectivity index (χ2n) is 7.46. The quantitative estimate of drug-likeness (QED) is 0.576. The Hall–Kier alpha value is -2.25. The van der Waals surface area contributed by atoms with Crippen molar-refractivity contribution < 1.29 is 15.1 Å². The summed E-state index contributed by atoms with van der Waals surface area (Å²) in [6.45, 7) is 3.38. The summed E-state index contributed by atoms with van der Waals surface area (Å²) >= 11 is 0. The van der Waals surface area contributed by atoms with E-state index in [2.05, 4.69) is 22.9 Å². The van der Waals surface area contributed by atoms with Gasteiger partial charge in [-0.3, -0.25) is 14.9 Å². The van der Waals surface area contributed by atoms with Gasteiger partial charge in [-0.15, -0.1) is 0 Å². The van der Waals surface area contributed by atoms with Crippen LogP contribution >= 0.6 is 0 Å². The molecule has 6 nitrogen and oxygen atoms in total. The van der Waals surface area contributed by atoms with Crippen molar-refractivity contribution in [2.75, 3.05) is 26.7 Å². The predicted molar refractivity (Wildman–Crippen MR) is 96.7 cm³/mol. The summed E-state index contributed by atoms with van der Waals surface area (Å²) in [6, 6.07) is 15.3. The molecule has 2 heterocycles. The molecule has 6 heteroatoms. The molecule has 0 saturated carbocycles. The molecular formula is C20H23N3O3. The summed E-state index contributed by atoms with van der Waals surface area (Å²) < 4.78 is 0. The lowest BCUT2D eigenvalue weighted by atomic mass is 9.69. The summed E-state index contributed by atoms with van der Waals surface area (Å²) in [7, 11) is 2.12. The smallest absolute Gasteiger partial charge is 0.274 e. The van der Waals surface area contributed by atoms with Crippen molar-refractivity contribution in [3.05, 3.63) is 70.8 Å². The molecule has 1 saturated heterocycles. The monoisotopic (exact) mass is 353 g/mol. The molecule has 0 aromatic heterocycles. The molecule has 136 valence electrons. The van der Waals surface area contributed by atoms with Crippen LogP contribution in [-0.2, 0) is 12.0 Å². The number of carbonyl (C=O) groups is 1. The molecule has 2 aromatic carbocycles. The molecule has 4 rings (SSSR count). The number of likely N-dealkylation sites (tertiary alicyclic amines) is 1. The highest BCUT2D eigenvalue weighted by atomic mass is 16.5. The lowest BCUT2D eigenvalue weighted by Gasteiger charge is -2.55. The van der Waals surface area contributed by atoms with Gasteiger partial charge in [-0.05, 0) is 35.9 Å². The van der Waals surface area contributed by atoms with E-state index in [9.17, 15) is 9.90 Å². The van der Waals surface area contributed by atoms with E-state index in [0.717, 1.165) is 30.8 Å². The fourth-order valence-corrected chi connectivity index (χ4v) is 4.42. The van der Waals surface area contributed by atoms with Crippen LogP contribution in [0.5, 0.6) is 0 Å². The van der Waals surface area contributed by atoms with Gasteiger partial charge in [-0.25, -0.2) is 5.48 Å². The van der Waals surface area contributed by atoms with Gasteiger partial charge in [-0.1, -0.05) is 36.4 Å². The first-order valence-corrected chi connectivity index (χ1v) is 8.76. The molecule has 2 aliphatic rings. The van der Waals surface area contributed by atoms with Gasteiger partial charge in [0.2, 0.25) is 0 Å². The molecule has 0 bridgehead atoms. The number of hydrogen-bond donors (Lipinski definition) is 3. The first-order valence-electron chi connectivity index (χ1n) is 8.76.